The maximum absolute atomic E-state index is 4.26. The summed E-state index contributed by atoms with van der Waals surface area (Å²) in [6.45, 7) is 7.18. The Kier molecular flexibility index (Phi) is 11.3. The average Bonchev–Trinajstić information content (AvgIpc) is 2.42. The van der Waals surface area contributed by atoms with Crippen LogP contribution in [-0.2, 0) is 13.1 Å². The summed E-state index contributed by atoms with van der Waals surface area (Å²) in [6.07, 6.45) is 1.15. The summed E-state index contributed by atoms with van der Waals surface area (Å²) in [7, 11) is 5.99. The van der Waals surface area contributed by atoms with Crippen molar-refractivity contribution in [2.75, 3.05) is 27.7 Å². The van der Waals surface area contributed by atoms with Gasteiger partial charge in [-0.05, 0) is 37.6 Å². The van der Waals surface area contributed by atoms with Gasteiger partial charge in [-0.3, -0.25) is 4.99 Å². The zero-order valence-electron chi connectivity index (χ0n) is 14.5. The molecule has 0 heterocycles. The maximum atomic E-state index is 4.26. The molecule has 0 radical (unpaired) electrons. The molecule has 4 nitrogen and oxygen atoms in total. The maximum Gasteiger partial charge on any atom is 0.191 e. The van der Waals surface area contributed by atoms with Crippen molar-refractivity contribution >= 4 is 29.9 Å². The van der Waals surface area contributed by atoms with Crippen LogP contribution in [0.25, 0.3) is 0 Å². The highest BCUT2D eigenvalue weighted by Gasteiger charge is 2.01. The van der Waals surface area contributed by atoms with Crippen LogP contribution in [-0.4, -0.2) is 38.5 Å². The molecule has 0 aromatic heterocycles. The van der Waals surface area contributed by atoms with Crippen molar-refractivity contribution in [1.82, 2.24) is 15.5 Å². The van der Waals surface area contributed by atoms with E-state index in [1.54, 1.807) is 0 Å². The number of hydrogen-bond acceptors (Lipinski definition) is 2. The van der Waals surface area contributed by atoms with E-state index in [4.69, 9.17) is 0 Å². The topological polar surface area (TPSA) is 39.7 Å². The molecule has 0 unspecified atom stereocenters. The Morgan fingerprint density at radius 3 is 2.45 bits per heavy atom. The number of benzene rings is 1. The van der Waals surface area contributed by atoms with Gasteiger partial charge in [0.05, 0.1) is 0 Å². The van der Waals surface area contributed by atoms with E-state index in [2.05, 4.69) is 72.7 Å². The highest BCUT2D eigenvalue weighted by molar-refractivity contribution is 14.0. The first-order valence-corrected chi connectivity index (χ1v) is 7.68. The lowest BCUT2D eigenvalue weighted by molar-refractivity contribution is 0.402. The van der Waals surface area contributed by atoms with Gasteiger partial charge in [-0.15, -0.1) is 24.0 Å². The van der Waals surface area contributed by atoms with Crippen LogP contribution in [0.1, 0.15) is 31.4 Å². The van der Waals surface area contributed by atoms with Crippen LogP contribution in [0, 0.1) is 5.92 Å². The second-order valence-electron chi connectivity index (χ2n) is 6.09. The fourth-order valence-electron chi connectivity index (χ4n) is 2.09. The van der Waals surface area contributed by atoms with E-state index < -0.39 is 0 Å². The molecule has 22 heavy (non-hydrogen) atoms. The first kappa shape index (κ1) is 21.2. The zero-order chi connectivity index (χ0) is 15.7. The molecule has 1 aromatic carbocycles. The second-order valence-corrected chi connectivity index (χ2v) is 6.09. The Hall–Kier alpha value is -0.820. The minimum atomic E-state index is 0. The third-order valence-corrected chi connectivity index (χ3v) is 3.19. The van der Waals surface area contributed by atoms with Gasteiger partial charge < -0.3 is 15.5 Å². The van der Waals surface area contributed by atoms with E-state index in [9.17, 15) is 0 Å². The summed E-state index contributed by atoms with van der Waals surface area (Å²) in [6, 6.07) is 8.67. The van der Waals surface area contributed by atoms with Gasteiger partial charge in [-0.2, -0.15) is 0 Å². The Balaban J connectivity index is 0.00000441. The molecule has 0 saturated heterocycles. The summed E-state index contributed by atoms with van der Waals surface area (Å²) in [5.74, 6) is 1.58. The Morgan fingerprint density at radius 2 is 1.86 bits per heavy atom. The van der Waals surface area contributed by atoms with Gasteiger partial charge in [0, 0.05) is 26.7 Å². The van der Waals surface area contributed by atoms with Crippen molar-refractivity contribution in [1.29, 1.82) is 0 Å². The van der Waals surface area contributed by atoms with Crippen LogP contribution < -0.4 is 10.6 Å². The van der Waals surface area contributed by atoms with Gasteiger partial charge in [0.25, 0.3) is 0 Å². The van der Waals surface area contributed by atoms with Gasteiger partial charge in [0.15, 0.2) is 5.96 Å². The Bertz CT molecular complexity index is 444. The molecule has 0 aliphatic carbocycles. The van der Waals surface area contributed by atoms with Gasteiger partial charge in [-0.25, -0.2) is 0 Å². The number of halogens is 1. The van der Waals surface area contributed by atoms with Crippen LogP contribution in [0.3, 0.4) is 0 Å². The summed E-state index contributed by atoms with van der Waals surface area (Å²) in [4.78, 5) is 6.44. The molecule has 0 bridgehead atoms. The van der Waals surface area contributed by atoms with Crippen LogP contribution >= 0.6 is 24.0 Å². The van der Waals surface area contributed by atoms with Crippen molar-refractivity contribution in [3.05, 3.63) is 35.4 Å². The first-order valence-electron chi connectivity index (χ1n) is 7.68. The van der Waals surface area contributed by atoms with E-state index in [1.807, 2.05) is 7.05 Å². The van der Waals surface area contributed by atoms with Gasteiger partial charge in [0.2, 0.25) is 0 Å². The largest absolute Gasteiger partial charge is 0.356 e. The molecule has 0 amide bonds. The molecule has 1 rings (SSSR count). The van der Waals surface area contributed by atoms with Crippen molar-refractivity contribution < 1.29 is 0 Å². The molecule has 0 aliphatic heterocycles. The normalized spacial score (nSPS) is 11.5. The highest BCUT2D eigenvalue weighted by atomic mass is 127. The average molecular weight is 418 g/mol. The molecular formula is C17H31IN4. The second kappa shape index (κ2) is 11.7. The first-order chi connectivity index (χ1) is 10.0. The minimum absolute atomic E-state index is 0. The lowest BCUT2D eigenvalue weighted by Crippen LogP contribution is -2.37. The molecule has 5 heteroatoms. The Morgan fingerprint density at radius 1 is 1.18 bits per heavy atom. The summed E-state index contributed by atoms with van der Waals surface area (Å²) < 4.78 is 0. The molecular weight excluding hydrogens is 387 g/mol. The number of rotatable bonds is 7. The standard InChI is InChI=1S/C17H30N4.HI/c1-14(2)9-10-19-17(18-3)20-12-15-7-6-8-16(11-15)13-21(4)5;/h6-8,11,14H,9-10,12-13H2,1-5H3,(H2,18,19,20);1H. The third kappa shape index (κ3) is 9.25. The predicted octanol–water partition coefficient (Wildman–Crippen LogP) is 3.08. The molecule has 0 aliphatic rings. The van der Waals surface area contributed by atoms with E-state index in [1.165, 1.54) is 11.1 Å². The third-order valence-electron chi connectivity index (χ3n) is 3.19. The number of hydrogen-bond donors (Lipinski definition) is 2. The van der Waals surface area contributed by atoms with E-state index in [0.29, 0.717) is 5.92 Å². The summed E-state index contributed by atoms with van der Waals surface area (Å²) in [5.41, 5.74) is 2.61. The monoisotopic (exact) mass is 418 g/mol. The quantitative estimate of drug-likeness (QED) is 0.406. The lowest BCUT2D eigenvalue weighted by atomic mass is 10.1. The number of nitrogens with one attached hydrogen (secondary N) is 2. The number of guanidine groups is 1. The van der Waals surface area contributed by atoms with Gasteiger partial charge in [-0.1, -0.05) is 38.1 Å². The SMILES string of the molecule is CN=C(NCCC(C)C)NCc1cccc(CN(C)C)c1.I. The number of aliphatic imine (C=N–C) groups is 1. The molecule has 0 fully saturated rings. The van der Waals surface area contributed by atoms with E-state index in [0.717, 1.165) is 32.0 Å². The smallest absolute Gasteiger partial charge is 0.191 e. The molecule has 0 atom stereocenters. The van der Waals surface area contributed by atoms with E-state index >= 15 is 0 Å². The van der Waals surface area contributed by atoms with Crippen LogP contribution in [0.5, 0.6) is 0 Å². The fourth-order valence-corrected chi connectivity index (χ4v) is 2.09. The van der Waals surface area contributed by atoms with Crippen molar-refractivity contribution in [3.8, 4) is 0 Å². The lowest BCUT2D eigenvalue weighted by Gasteiger charge is -2.14. The van der Waals surface area contributed by atoms with Crippen molar-refractivity contribution in [2.45, 2.75) is 33.4 Å². The van der Waals surface area contributed by atoms with Crippen molar-refractivity contribution in [3.63, 3.8) is 0 Å². The predicted molar refractivity (Wildman–Crippen MR) is 107 cm³/mol. The van der Waals surface area contributed by atoms with Crippen LogP contribution in [0.4, 0.5) is 0 Å². The molecule has 0 saturated carbocycles. The van der Waals surface area contributed by atoms with Crippen LogP contribution in [0.15, 0.2) is 29.3 Å². The zero-order valence-corrected chi connectivity index (χ0v) is 16.8. The molecule has 126 valence electrons. The fraction of sp³-hybridized carbons (Fsp3) is 0.588. The van der Waals surface area contributed by atoms with Crippen LogP contribution in [0.2, 0.25) is 0 Å². The Labute approximate surface area is 152 Å². The molecule has 0 spiro atoms. The summed E-state index contributed by atoms with van der Waals surface area (Å²) in [5, 5.41) is 6.71. The minimum Gasteiger partial charge on any atom is -0.356 e. The van der Waals surface area contributed by atoms with Gasteiger partial charge >= 0.3 is 0 Å². The van der Waals surface area contributed by atoms with E-state index in [-0.39, 0.29) is 24.0 Å². The molecule has 1 aromatic rings. The molecule has 2 N–H and O–H groups in total. The summed E-state index contributed by atoms with van der Waals surface area (Å²) >= 11 is 0. The number of nitrogens with zero attached hydrogens (tertiary/aromatic N) is 2. The van der Waals surface area contributed by atoms with Crippen molar-refractivity contribution in [2.24, 2.45) is 10.9 Å². The highest BCUT2D eigenvalue weighted by Crippen LogP contribution is 2.06. The van der Waals surface area contributed by atoms with Gasteiger partial charge in [0.1, 0.15) is 0 Å².